The van der Waals surface area contributed by atoms with Crippen molar-refractivity contribution < 1.29 is 13.9 Å². The summed E-state index contributed by atoms with van der Waals surface area (Å²) in [4.78, 5) is 20.6. The van der Waals surface area contributed by atoms with Gasteiger partial charge >= 0.3 is 12.2 Å². The van der Waals surface area contributed by atoms with Gasteiger partial charge in [-0.05, 0) is 32.8 Å². The summed E-state index contributed by atoms with van der Waals surface area (Å²) in [5.74, 6) is 0. The van der Waals surface area contributed by atoms with Crippen LogP contribution in [0.1, 0.15) is 32.8 Å². The van der Waals surface area contributed by atoms with E-state index in [9.17, 15) is 9.18 Å². The first-order valence-corrected chi connectivity index (χ1v) is 6.50. The second-order valence-electron chi connectivity index (χ2n) is 5.65. The molecular formula is C14H18FN3O2. The van der Waals surface area contributed by atoms with E-state index in [-0.39, 0.29) is 6.09 Å². The van der Waals surface area contributed by atoms with Gasteiger partial charge in [0.2, 0.25) is 0 Å². The van der Waals surface area contributed by atoms with Crippen molar-refractivity contribution in [3.8, 4) is 0 Å². The highest BCUT2D eigenvalue weighted by Gasteiger charge is 2.23. The van der Waals surface area contributed by atoms with Crippen molar-refractivity contribution in [3.63, 3.8) is 0 Å². The minimum absolute atomic E-state index is 0.317. The van der Waals surface area contributed by atoms with E-state index in [1.807, 2.05) is 26.8 Å². The van der Waals surface area contributed by atoms with E-state index in [1.165, 1.54) is 12.4 Å². The minimum atomic E-state index is -0.736. The van der Waals surface area contributed by atoms with Crippen LogP contribution in [0.4, 0.5) is 9.18 Å². The molecule has 0 unspecified atom stereocenters. The third-order valence-corrected chi connectivity index (χ3v) is 2.85. The molecule has 20 heavy (non-hydrogen) atoms. The smallest absolute Gasteiger partial charge is 0.410 e. The number of aromatic nitrogens is 2. The Bertz CT molecular complexity index is 520. The zero-order valence-corrected chi connectivity index (χ0v) is 11.9. The molecule has 1 aromatic heterocycles. The standard InChI is InChI=1S/C14H18FN3O2/c1-14(2,3)20-13(19)18-6-4-10(5-7-18)11-8-16-12(15)17-9-11/h4,8-9H,5-7H2,1-3H3. The number of amides is 1. The highest BCUT2D eigenvalue weighted by molar-refractivity contribution is 5.72. The molecule has 2 heterocycles. The predicted molar refractivity (Wildman–Crippen MR) is 72.4 cm³/mol. The quantitative estimate of drug-likeness (QED) is 0.742. The Balaban J connectivity index is 2.00. The molecule has 0 saturated carbocycles. The van der Waals surface area contributed by atoms with Crippen LogP contribution >= 0.6 is 0 Å². The van der Waals surface area contributed by atoms with Gasteiger partial charge in [0.15, 0.2) is 0 Å². The molecule has 5 nitrogen and oxygen atoms in total. The highest BCUT2D eigenvalue weighted by Crippen LogP contribution is 2.22. The van der Waals surface area contributed by atoms with Crippen LogP contribution in [0.2, 0.25) is 0 Å². The molecule has 0 atom stereocenters. The fraction of sp³-hybridized carbons (Fsp3) is 0.500. The van der Waals surface area contributed by atoms with Gasteiger partial charge in [-0.15, -0.1) is 0 Å². The molecular weight excluding hydrogens is 261 g/mol. The first-order chi connectivity index (χ1) is 9.35. The zero-order valence-electron chi connectivity index (χ0n) is 11.9. The highest BCUT2D eigenvalue weighted by atomic mass is 19.1. The van der Waals surface area contributed by atoms with Crippen LogP contribution in [0.15, 0.2) is 18.5 Å². The van der Waals surface area contributed by atoms with Gasteiger partial charge in [0, 0.05) is 31.0 Å². The Morgan fingerprint density at radius 1 is 1.35 bits per heavy atom. The van der Waals surface area contributed by atoms with Crippen molar-refractivity contribution in [1.82, 2.24) is 14.9 Å². The van der Waals surface area contributed by atoms with Crippen LogP contribution in [0.3, 0.4) is 0 Å². The lowest BCUT2D eigenvalue weighted by Gasteiger charge is -2.29. The molecule has 0 fully saturated rings. The second kappa shape index (κ2) is 5.56. The van der Waals surface area contributed by atoms with E-state index in [0.29, 0.717) is 19.5 Å². The molecule has 1 aliphatic heterocycles. The molecule has 1 aliphatic rings. The summed E-state index contributed by atoms with van der Waals surface area (Å²) < 4.78 is 18.0. The van der Waals surface area contributed by atoms with Crippen molar-refractivity contribution >= 4 is 11.7 Å². The lowest BCUT2D eigenvalue weighted by atomic mass is 10.0. The summed E-state index contributed by atoms with van der Waals surface area (Å²) in [6, 6.07) is 0. The number of halogens is 1. The van der Waals surface area contributed by atoms with Gasteiger partial charge in [-0.1, -0.05) is 6.08 Å². The van der Waals surface area contributed by atoms with Crippen molar-refractivity contribution in [1.29, 1.82) is 0 Å². The van der Waals surface area contributed by atoms with Gasteiger partial charge in [0.05, 0.1) is 0 Å². The molecule has 1 aromatic rings. The van der Waals surface area contributed by atoms with Crippen molar-refractivity contribution in [2.75, 3.05) is 13.1 Å². The Hall–Kier alpha value is -1.98. The summed E-state index contributed by atoms with van der Waals surface area (Å²) in [6.45, 7) is 6.56. The summed E-state index contributed by atoms with van der Waals surface area (Å²) in [6.07, 6.45) is 4.45. The molecule has 0 bridgehead atoms. The second-order valence-corrected chi connectivity index (χ2v) is 5.65. The third kappa shape index (κ3) is 3.76. The Labute approximate surface area is 117 Å². The average molecular weight is 279 g/mol. The summed E-state index contributed by atoms with van der Waals surface area (Å²) in [5.41, 5.74) is 1.31. The SMILES string of the molecule is CC(C)(C)OC(=O)N1CC=C(c2cnc(F)nc2)CC1. The summed E-state index contributed by atoms with van der Waals surface area (Å²) >= 11 is 0. The number of hydrogen-bond donors (Lipinski definition) is 0. The van der Waals surface area contributed by atoms with E-state index < -0.39 is 11.7 Å². The monoisotopic (exact) mass is 279 g/mol. The molecule has 0 aromatic carbocycles. The first-order valence-electron chi connectivity index (χ1n) is 6.50. The van der Waals surface area contributed by atoms with E-state index >= 15 is 0 Å². The molecule has 0 spiro atoms. The minimum Gasteiger partial charge on any atom is -0.444 e. The van der Waals surface area contributed by atoms with Crippen LogP contribution in [0.5, 0.6) is 0 Å². The van der Waals surface area contributed by atoms with Gasteiger partial charge in [-0.2, -0.15) is 4.39 Å². The lowest BCUT2D eigenvalue weighted by Crippen LogP contribution is -2.39. The molecule has 0 radical (unpaired) electrons. The van der Waals surface area contributed by atoms with Crippen LogP contribution in [0.25, 0.3) is 5.57 Å². The third-order valence-electron chi connectivity index (χ3n) is 2.85. The number of ether oxygens (including phenoxy) is 1. The van der Waals surface area contributed by atoms with E-state index in [4.69, 9.17) is 4.74 Å². The zero-order chi connectivity index (χ0) is 14.8. The fourth-order valence-electron chi connectivity index (χ4n) is 1.90. The number of rotatable bonds is 1. The van der Waals surface area contributed by atoms with Crippen molar-refractivity contribution in [2.45, 2.75) is 32.8 Å². The van der Waals surface area contributed by atoms with Crippen LogP contribution in [0, 0.1) is 6.08 Å². The van der Waals surface area contributed by atoms with Crippen LogP contribution < -0.4 is 0 Å². The summed E-state index contributed by atoms with van der Waals surface area (Å²) in [5, 5.41) is 0. The maximum Gasteiger partial charge on any atom is 0.410 e. The van der Waals surface area contributed by atoms with E-state index in [0.717, 1.165) is 11.1 Å². The summed E-state index contributed by atoms with van der Waals surface area (Å²) in [7, 11) is 0. The van der Waals surface area contributed by atoms with Crippen molar-refractivity contribution in [2.24, 2.45) is 0 Å². The van der Waals surface area contributed by atoms with Crippen molar-refractivity contribution in [3.05, 3.63) is 30.1 Å². The first kappa shape index (κ1) is 14.4. The average Bonchev–Trinajstić information content (AvgIpc) is 2.38. The Morgan fingerprint density at radius 2 is 2.00 bits per heavy atom. The van der Waals surface area contributed by atoms with Gasteiger partial charge in [0.25, 0.3) is 0 Å². The maximum atomic E-state index is 12.7. The van der Waals surface area contributed by atoms with Crippen LogP contribution in [-0.4, -0.2) is 39.7 Å². The molecule has 6 heteroatoms. The molecule has 108 valence electrons. The predicted octanol–water partition coefficient (Wildman–Crippen LogP) is 2.64. The van der Waals surface area contributed by atoms with E-state index in [2.05, 4.69) is 9.97 Å². The largest absolute Gasteiger partial charge is 0.444 e. The van der Waals surface area contributed by atoms with Gasteiger partial charge in [-0.25, -0.2) is 14.8 Å². The topological polar surface area (TPSA) is 55.3 Å². The van der Waals surface area contributed by atoms with Crippen LogP contribution in [-0.2, 0) is 4.74 Å². The number of nitrogens with zero attached hydrogens (tertiary/aromatic N) is 3. The van der Waals surface area contributed by atoms with Gasteiger partial charge in [0.1, 0.15) is 5.60 Å². The number of hydrogen-bond acceptors (Lipinski definition) is 4. The number of carbonyl (C=O) groups is 1. The molecule has 1 amide bonds. The Kier molecular flexibility index (Phi) is 4.01. The van der Waals surface area contributed by atoms with Gasteiger partial charge < -0.3 is 9.64 Å². The molecule has 2 rings (SSSR count). The van der Waals surface area contributed by atoms with Gasteiger partial charge in [-0.3, -0.25) is 0 Å². The molecule has 0 aliphatic carbocycles. The molecule has 0 saturated heterocycles. The van der Waals surface area contributed by atoms with E-state index in [1.54, 1.807) is 4.90 Å². The lowest BCUT2D eigenvalue weighted by molar-refractivity contribution is 0.0270. The molecule has 0 N–H and O–H groups in total. The number of carbonyl (C=O) groups excluding carboxylic acids is 1. The fourth-order valence-corrected chi connectivity index (χ4v) is 1.90. The maximum absolute atomic E-state index is 12.7. The Morgan fingerprint density at radius 3 is 2.50 bits per heavy atom. The normalized spacial score (nSPS) is 15.8.